The number of hydrogen-bond acceptors (Lipinski definition) is 8. The van der Waals surface area contributed by atoms with E-state index >= 15 is 0 Å². The van der Waals surface area contributed by atoms with Crippen LogP contribution in [0, 0.1) is 13.8 Å². The predicted octanol–water partition coefficient (Wildman–Crippen LogP) is 3.52. The van der Waals surface area contributed by atoms with Crippen molar-refractivity contribution in [2.45, 2.75) is 39.5 Å². The van der Waals surface area contributed by atoms with Crippen molar-refractivity contribution in [1.29, 1.82) is 0 Å². The van der Waals surface area contributed by atoms with E-state index in [1.165, 1.54) is 25.3 Å². The number of ether oxygens (including phenoxy) is 2. The maximum Gasteiger partial charge on any atom is 0.387 e. The van der Waals surface area contributed by atoms with Gasteiger partial charge in [-0.25, -0.2) is 4.79 Å². The van der Waals surface area contributed by atoms with Crippen molar-refractivity contribution in [1.82, 2.24) is 20.4 Å². The van der Waals surface area contributed by atoms with Crippen LogP contribution in [0.15, 0.2) is 33.2 Å². The second-order valence-electron chi connectivity index (χ2n) is 7.53. The van der Waals surface area contributed by atoms with E-state index in [4.69, 9.17) is 13.7 Å². The molecule has 10 nitrogen and oxygen atoms in total. The lowest BCUT2D eigenvalue weighted by molar-refractivity contribution is -0.131. The Morgan fingerprint density at radius 2 is 1.97 bits per heavy atom. The zero-order chi connectivity index (χ0) is 23.9. The van der Waals surface area contributed by atoms with Gasteiger partial charge in [0, 0.05) is 11.1 Å². The van der Waals surface area contributed by atoms with Gasteiger partial charge in [0.25, 0.3) is 5.91 Å². The monoisotopic (exact) mass is 462 g/mol. The molecule has 1 aliphatic rings. The van der Waals surface area contributed by atoms with Crippen LogP contribution in [0.2, 0.25) is 0 Å². The number of benzene rings is 1. The molecule has 1 atom stereocenters. The van der Waals surface area contributed by atoms with Gasteiger partial charge in [-0.3, -0.25) is 9.69 Å². The number of hydrogen-bond donors (Lipinski definition) is 1. The summed E-state index contributed by atoms with van der Waals surface area (Å²) >= 11 is 0. The van der Waals surface area contributed by atoms with Gasteiger partial charge < -0.3 is 23.7 Å². The molecule has 3 aromatic rings. The normalized spacial score (nSPS) is 18.2. The summed E-state index contributed by atoms with van der Waals surface area (Å²) in [5, 5.41) is 6.53. The molecule has 4 rings (SSSR count). The Morgan fingerprint density at radius 3 is 2.61 bits per heavy atom. The fraction of sp³-hybridized carbons (Fsp3) is 0.333. The van der Waals surface area contributed by atoms with Crippen molar-refractivity contribution in [3.05, 3.63) is 47.2 Å². The first kappa shape index (κ1) is 22.2. The second-order valence-corrected chi connectivity index (χ2v) is 7.53. The van der Waals surface area contributed by atoms with Gasteiger partial charge in [-0.2, -0.15) is 13.8 Å². The Labute approximate surface area is 186 Å². The molecule has 3 amide bonds. The van der Waals surface area contributed by atoms with Crippen LogP contribution in [0.5, 0.6) is 11.5 Å². The molecular formula is C21H20F2N4O6. The molecule has 174 valence electrons. The number of imide groups is 1. The lowest BCUT2D eigenvalue weighted by Gasteiger charge is -2.20. The molecule has 33 heavy (non-hydrogen) atoms. The summed E-state index contributed by atoms with van der Waals surface area (Å²) in [5.41, 5.74) is -0.337. The molecule has 0 radical (unpaired) electrons. The molecule has 0 aliphatic carbocycles. The van der Waals surface area contributed by atoms with E-state index in [0.717, 1.165) is 4.90 Å². The van der Waals surface area contributed by atoms with Crippen LogP contribution < -0.4 is 14.8 Å². The van der Waals surface area contributed by atoms with Crippen molar-refractivity contribution in [3.63, 3.8) is 0 Å². The van der Waals surface area contributed by atoms with Gasteiger partial charge in [0.15, 0.2) is 11.5 Å². The molecule has 0 spiro atoms. The number of nitrogens with one attached hydrogen (secondary N) is 1. The van der Waals surface area contributed by atoms with Crippen molar-refractivity contribution in [2.75, 3.05) is 7.11 Å². The van der Waals surface area contributed by atoms with Crippen LogP contribution in [0.3, 0.4) is 0 Å². The molecule has 1 fully saturated rings. The van der Waals surface area contributed by atoms with Gasteiger partial charge in [-0.05, 0) is 45.0 Å². The molecule has 1 aliphatic heterocycles. The van der Waals surface area contributed by atoms with Crippen LogP contribution >= 0.6 is 0 Å². The number of urea groups is 1. The van der Waals surface area contributed by atoms with Crippen LogP contribution in [-0.4, -0.2) is 40.7 Å². The van der Waals surface area contributed by atoms with E-state index in [9.17, 15) is 18.4 Å². The van der Waals surface area contributed by atoms with E-state index in [-0.39, 0.29) is 29.8 Å². The maximum atomic E-state index is 13.1. The zero-order valence-corrected chi connectivity index (χ0v) is 18.1. The number of methoxy groups -OCH3 is 1. The van der Waals surface area contributed by atoms with Crippen molar-refractivity contribution in [2.24, 2.45) is 0 Å². The van der Waals surface area contributed by atoms with Gasteiger partial charge in [0.1, 0.15) is 23.6 Å². The molecule has 0 saturated carbocycles. The summed E-state index contributed by atoms with van der Waals surface area (Å²) in [7, 11) is 1.30. The average molecular weight is 462 g/mol. The van der Waals surface area contributed by atoms with Crippen LogP contribution in [-0.2, 0) is 16.9 Å². The molecule has 1 unspecified atom stereocenters. The molecule has 1 N–H and O–H groups in total. The Morgan fingerprint density at radius 1 is 1.21 bits per heavy atom. The minimum absolute atomic E-state index is 0.00437. The van der Waals surface area contributed by atoms with Crippen LogP contribution in [0.1, 0.15) is 29.9 Å². The number of carbonyl (C=O) groups is 2. The summed E-state index contributed by atoms with van der Waals surface area (Å²) in [6.07, 6.45) is 0. The van der Waals surface area contributed by atoms with Gasteiger partial charge in [-0.1, -0.05) is 5.16 Å². The summed E-state index contributed by atoms with van der Waals surface area (Å²) in [5.74, 6) is 0.669. The highest BCUT2D eigenvalue weighted by atomic mass is 19.3. The van der Waals surface area contributed by atoms with E-state index in [1.807, 2.05) is 0 Å². The van der Waals surface area contributed by atoms with Crippen LogP contribution in [0.4, 0.5) is 13.6 Å². The number of aryl methyl sites for hydroxylation is 2. The number of carbonyl (C=O) groups excluding carboxylic acids is 2. The fourth-order valence-corrected chi connectivity index (χ4v) is 3.72. The Bertz CT molecular complexity index is 1220. The standard InChI is InChI=1S/C21H20F2N4O6/c1-10-7-13(11(2)31-10)21(3)18(28)27(20(29)25-21)9-16-24-17(26-33-16)12-5-6-14(32-19(22)23)15(8-12)30-4/h5-8,19H,9H2,1-4H3,(H,25,29). The highest BCUT2D eigenvalue weighted by molar-refractivity contribution is 6.07. The highest BCUT2D eigenvalue weighted by Crippen LogP contribution is 2.35. The Hall–Kier alpha value is -3.96. The predicted molar refractivity (Wildman–Crippen MR) is 108 cm³/mol. The highest BCUT2D eigenvalue weighted by Gasteiger charge is 2.51. The van der Waals surface area contributed by atoms with Gasteiger partial charge in [-0.15, -0.1) is 0 Å². The summed E-state index contributed by atoms with van der Waals surface area (Å²) in [6.45, 7) is 1.80. The number of amides is 3. The van der Waals surface area contributed by atoms with Gasteiger partial charge in [0.2, 0.25) is 11.7 Å². The van der Waals surface area contributed by atoms with E-state index in [1.54, 1.807) is 26.8 Å². The first-order chi connectivity index (χ1) is 15.6. The topological polar surface area (TPSA) is 120 Å². The SMILES string of the molecule is COc1cc(-c2noc(CN3C(=O)NC(C)(c4cc(C)oc4C)C3=O)n2)ccc1OC(F)F. The lowest BCUT2D eigenvalue weighted by Crippen LogP contribution is -2.41. The molecule has 2 aromatic heterocycles. The number of alkyl halides is 2. The summed E-state index contributed by atoms with van der Waals surface area (Å²) in [4.78, 5) is 30.9. The second kappa shape index (κ2) is 8.19. The zero-order valence-electron chi connectivity index (χ0n) is 18.1. The minimum atomic E-state index is -3.01. The molecular weight excluding hydrogens is 442 g/mol. The van der Waals surface area contributed by atoms with Crippen molar-refractivity contribution in [3.8, 4) is 22.9 Å². The smallest absolute Gasteiger partial charge is 0.387 e. The number of halogens is 2. The van der Waals surface area contributed by atoms with Crippen LogP contribution in [0.25, 0.3) is 11.4 Å². The third-order valence-electron chi connectivity index (χ3n) is 5.25. The van der Waals surface area contributed by atoms with Gasteiger partial charge in [0.05, 0.1) is 7.11 Å². The minimum Gasteiger partial charge on any atom is -0.493 e. The molecule has 1 aromatic carbocycles. The lowest BCUT2D eigenvalue weighted by atomic mass is 9.92. The summed E-state index contributed by atoms with van der Waals surface area (Å²) < 4.78 is 45.2. The van der Waals surface area contributed by atoms with E-state index < -0.39 is 24.1 Å². The first-order valence-corrected chi connectivity index (χ1v) is 9.80. The number of aromatic nitrogens is 2. The summed E-state index contributed by atoms with van der Waals surface area (Å²) in [6, 6.07) is 5.23. The number of rotatable bonds is 7. The largest absolute Gasteiger partial charge is 0.493 e. The fourth-order valence-electron chi connectivity index (χ4n) is 3.72. The maximum absolute atomic E-state index is 13.1. The van der Waals surface area contributed by atoms with E-state index in [2.05, 4.69) is 20.2 Å². The first-order valence-electron chi connectivity index (χ1n) is 9.80. The third-order valence-corrected chi connectivity index (χ3v) is 5.25. The molecule has 0 bridgehead atoms. The molecule has 12 heteroatoms. The average Bonchev–Trinajstić information content (AvgIpc) is 3.42. The van der Waals surface area contributed by atoms with Gasteiger partial charge >= 0.3 is 12.6 Å². The van der Waals surface area contributed by atoms with Crippen molar-refractivity contribution >= 4 is 11.9 Å². The molecule has 3 heterocycles. The third kappa shape index (κ3) is 3.99. The Balaban J connectivity index is 1.55. The number of nitrogens with zero attached hydrogens (tertiary/aromatic N) is 3. The molecule has 1 saturated heterocycles. The Kier molecular flexibility index (Phi) is 5.52. The van der Waals surface area contributed by atoms with E-state index in [0.29, 0.717) is 22.6 Å². The van der Waals surface area contributed by atoms with Crippen molar-refractivity contribution < 1.29 is 36.8 Å². The number of furan rings is 1. The quantitative estimate of drug-likeness (QED) is 0.530.